The molecule has 0 radical (unpaired) electrons. The summed E-state index contributed by atoms with van der Waals surface area (Å²) in [4.78, 5) is 0. The predicted molar refractivity (Wildman–Crippen MR) is 72.7 cm³/mol. The van der Waals surface area contributed by atoms with Gasteiger partial charge in [-0.3, -0.25) is 0 Å². The van der Waals surface area contributed by atoms with Crippen LogP contribution in [0.2, 0.25) is 0 Å². The molecule has 1 aliphatic carbocycles. The highest BCUT2D eigenvalue weighted by Gasteiger charge is 2.25. The Balaban J connectivity index is 2.39. The third kappa shape index (κ3) is 4.45. The maximum absolute atomic E-state index is 3.77. The zero-order valence-electron chi connectivity index (χ0n) is 11.6. The normalized spacial score (nSPS) is 26.2. The third-order valence-electron chi connectivity index (χ3n) is 4.36. The van der Waals surface area contributed by atoms with E-state index >= 15 is 0 Å². The Kier molecular flexibility index (Phi) is 7.11. The molecule has 2 atom stereocenters. The summed E-state index contributed by atoms with van der Waals surface area (Å²) < 4.78 is 0. The van der Waals surface area contributed by atoms with Gasteiger partial charge in [0.1, 0.15) is 0 Å². The molecule has 96 valence electrons. The first-order chi connectivity index (χ1) is 7.81. The quantitative estimate of drug-likeness (QED) is 0.678. The summed E-state index contributed by atoms with van der Waals surface area (Å²) in [6, 6.07) is 0.828. The molecule has 1 N–H and O–H groups in total. The summed E-state index contributed by atoms with van der Waals surface area (Å²) in [5.74, 6) is 1.93. The van der Waals surface area contributed by atoms with E-state index in [-0.39, 0.29) is 0 Å². The van der Waals surface area contributed by atoms with Crippen LogP contribution in [0.5, 0.6) is 0 Å². The standard InChI is InChI=1S/C15H31N/c1-4-11-16-15-10-8-7-9-14(15)12-13(5-2)6-3/h13-16H,4-12H2,1-3H3. The fraction of sp³-hybridized carbons (Fsp3) is 1.00. The molecule has 0 aromatic heterocycles. The van der Waals surface area contributed by atoms with Crippen LogP contribution in [-0.2, 0) is 0 Å². The van der Waals surface area contributed by atoms with Crippen molar-refractivity contribution in [1.82, 2.24) is 5.32 Å². The van der Waals surface area contributed by atoms with Gasteiger partial charge < -0.3 is 5.32 Å². The molecular weight excluding hydrogens is 194 g/mol. The van der Waals surface area contributed by atoms with Gasteiger partial charge in [0.2, 0.25) is 0 Å². The minimum Gasteiger partial charge on any atom is -0.314 e. The fourth-order valence-electron chi connectivity index (χ4n) is 3.14. The maximum atomic E-state index is 3.77. The van der Waals surface area contributed by atoms with E-state index < -0.39 is 0 Å². The Bertz CT molecular complexity index is 163. The maximum Gasteiger partial charge on any atom is 0.00954 e. The first-order valence-electron chi connectivity index (χ1n) is 7.55. The molecule has 0 saturated heterocycles. The smallest absolute Gasteiger partial charge is 0.00954 e. The number of nitrogens with one attached hydrogen (secondary N) is 1. The van der Waals surface area contributed by atoms with Crippen molar-refractivity contribution >= 4 is 0 Å². The Morgan fingerprint density at radius 2 is 1.75 bits per heavy atom. The summed E-state index contributed by atoms with van der Waals surface area (Å²) in [7, 11) is 0. The van der Waals surface area contributed by atoms with Crippen molar-refractivity contribution in [3.63, 3.8) is 0 Å². The monoisotopic (exact) mass is 225 g/mol. The molecule has 1 nitrogen and oxygen atoms in total. The second-order valence-electron chi connectivity index (χ2n) is 5.52. The lowest BCUT2D eigenvalue weighted by Gasteiger charge is -2.34. The molecule has 16 heavy (non-hydrogen) atoms. The fourth-order valence-corrected chi connectivity index (χ4v) is 3.14. The van der Waals surface area contributed by atoms with E-state index in [1.54, 1.807) is 0 Å². The topological polar surface area (TPSA) is 12.0 Å². The Labute approximate surface area is 102 Å². The molecule has 1 saturated carbocycles. The van der Waals surface area contributed by atoms with Crippen molar-refractivity contribution in [1.29, 1.82) is 0 Å². The van der Waals surface area contributed by atoms with Crippen LogP contribution in [-0.4, -0.2) is 12.6 Å². The zero-order valence-corrected chi connectivity index (χ0v) is 11.6. The van der Waals surface area contributed by atoms with Crippen LogP contribution in [0.3, 0.4) is 0 Å². The number of hydrogen-bond acceptors (Lipinski definition) is 1. The van der Waals surface area contributed by atoms with Crippen LogP contribution in [0, 0.1) is 11.8 Å². The summed E-state index contributed by atoms with van der Waals surface area (Å²) >= 11 is 0. The average molecular weight is 225 g/mol. The van der Waals surface area contributed by atoms with Gasteiger partial charge in [-0.2, -0.15) is 0 Å². The van der Waals surface area contributed by atoms with Gasteiger partial charge in [0.25, 0.3) is 0 Å². The third-order valence-corrected chi connectivity index (χ3v) is 4.36. The van der Waals surface area contributed by atoms with Crippen molar-refractivity contribution < 1.29 is 0 Å². The zero-order chi connectivity index (χ0) is 11.8. The van der Waals surface area contributed by atoms with Gasteiger partial charge in [0.15, 0.2) is 0 Å². The SMILES string of the molecule is CCCNC1CCCCC1CC(CC)CC. The van der Waals surface area contributed by atoms with Gasteiger partial charge in [-0.15, -0.1) is 0 Å². The molecule has 0 amide bonds. The van der Waals surface area contributed by atoms with Crippen molar-refractivity contribution in [2.24, 2.45) is 11.8 Å². The van der Waals surface area contributed by atoms with Crippen molar-refractivity contribution in [3.05, 3.63) is 0 Å². The van der Waals surface area contributed by atoms with E-state index in [4.69, 9.17) is 0 Å². The summed E-state index contributed by atoms with van der Waals surface area (Å²) in [6.45, 7) is 8.19. The molecule has 0 spiro atoms. The summed E-state index contributed by atoms with van der Waals surface area (Å²) in [5.41, 5.74) is 0. The van der Waals surface area contributed by atoms with E-state index in [9.17, 15) is 0 Å². The van der Waals surface area contributed by atoms with Crippen molar-refractivity contribution in [2.75, 3.05) is 6.54 Å². The molecule has 0 bridgehead atoms. The Morgan fingerprint density at radius 1 is 1.06 bits per heavy atom. The van der Waals surface area contributed by atoms with E-state index in [0.717, 1.165) is 17.9 Å². The molecule has 0 heterocycles. The van der Waals surface area contributed by atoms with Gasteiger partial charge in [-0.1, -0.05) is 46.5 Å². The highest BCUT2D eigenvalue weighted by Crippen LogP contribution is 2.31. The summed E-state index contributed by atoms with van der Waals surface area (Å²) in [5, 5.41) is 3.77. The lowest BCUT2D eigenvalue weighted by Crippen LogP contribution is -2.39. The van der Waals surface area contributed by atoms with E-state index in [2.05, 4.69) is 26.1 Å². The molecule has 1 fully saturated rings. The molecule has 0 aliphatic heterocycles. The van der Waals surface area contributed by atoms with Crippen LogP contribution in [0.15, 0.2) is 0 Å². The average Bonchev–Trinajstić information content (AvgIpc) is 2.34. The highest BCUT2D eigenvalue weighted by atomic mass is 14.9. The summed E-state index contributed by atoms with van der Waals surface area (Å²) in [6.07, 6.45) is 11.3. The Morgan fingerprint density at radius 3 is 2.38 bits per heavy atom. The highest BCUT2D eigenvalue weighted by molar-refractivity contribution is 4.82. The van der Waals surface area contributed by atoms with Gasteiger partial charge in [-0.05, 0) is 44.1 Å². The second-order valence-corrected chi connectivity index (χ2v) is 5.52. The number of rotatable bonds is 7. The van der Waals surface area contributed by atoms with Crippen LogP contribution in [0.25, 0.3) is 0 Å². The molecule has 2 unspecified atom stereocenters. The molecule has 1 heteroatoms. The lowest BCUT2D eigenvalue weighted by molar-refractivity contribution is 0.215. The largest absolute Gasteiger partial charge is 0.314 e. The minimum absolute atomic E-state index is 0.828. The first kappa shape index (κ1) is 14.0. The van der Waals surface area contributed by atoms with Crippen molar-refractivity contribution in [3.8, 4) is 0 Å². The molecule has 0 aromatic rings. The molecule has 1 rings (SSSR count). The van der Waals surface area contributed by atoms with Crippen LogP contribution < -0.4 is 5.32 Å². The van der Waals surface area contributed by atoms with Crippen LogP contribution >= 0.6 is 0 Å². The van der Waals surface area contributed by atoms with E-state index in [1.165, 1.54) is 57.9 Å². The predicted octanol–water partition coefficient (Wildman–Crippen LogP) is 4.37. The van der Waals surface area contributed by atoms with Crippen molar-refractivity contribution in [2.45, 2.75) is 78.2 Å². The lowest BCUT2D eigenvalue weighted by atomic mass is 9.78. The molecular formula is C15H31N. The van der Waals surface area contributed by atoms with E-state index in [1.807, 2.05) is 0 Å². The van der Waals surface area contributed by atoms with Crippen LogP contribution in [0.4, 0.5) is 0 Å². The molecule has 1 aliphatic rings. The number of hydrogen-bond donors (Lipinski definition) is 1. The van der Waals surface area contributed by atoms with Gasteiger partial charge in [0.05, 0.1) is 0 Å². The Hall–Kier alpha value is -0.0400. The molecule has 0 aromatic carbocycles. The second kappa shape index (κ2) is 8.11. The van der Waals surface area contributed by atoms with Crippen LogP contribution in [0.1, 0.15) is 72.1 Å². The first-order valence-corrected chi connectivity index (χ1v) is 7.55. The minimum atomic E-state index is 0.828. The van der Waals surface area contributed by atoms with Gasteiger partial charge in [0, 0.05) is 6.04 Å². The van der Waals surface area contributed by atoms with E-state index in [0.29, 0.717) is 0 Å². The van der Waals surface area contributed by atoms with Gasteiger partial charge >= 0.3 is 0 Å². The van der Waals surface area contributed by atoms with Gasteiger partial charge in [-0.25, -0.2) is 0 Å².